The van der Waals surface area contributed by atoms with Gasteiger partial charge in [-0.3, -0.25) is 4.79 Å². The number of likely N-dealkylation sites (tertiary alicyclic amines) is 1. The summed E-state index contributed by atoms with van der Waals surface area (Å²) in [6, 6.07) is 0. The van der Waals surface area contributed by atoms with Crippen molar-refractivity contribution in [3.05, 3.63) is 0 Å². The Morgan fingerprint density at radius 1 is 1.32 bits per heavy atom. The summed E-state index contributed by atoms with van der Waals surface area (Å²) in [6.45, 7) is 7.85. The van der Waals surface area contributed by atoms with Crippen molar-refractivity contribution in [3.63, 3.8) is 0 Å². The predicted octanol–water partition coefficient (Wildman–Crippen LogP) is 2.55. The molecule has 1 spiro atoms. The summed E-state index contributed by atoms with van der Waals surface area (Å²) in [5.74, 6) is 1.15. The lowest BCUT2D eigenvalue weighted by Crippen LogP contribution is -2.48. The third-order valence-electron chi connectivity index (χ3n) is 5.35. The van der Waals surface area contributed by atoms with Crippen LogP contribution in [0.15, 0.2) is 0 Å². The van der Waals surface area contributed by atoms with E-state index in [1.54, 1.807) is 4.90 Å². The fraction of sp³-hybridized carbons (Fsp3) is 0.882. The van der Waals surface area contributed by atoms with E-state index in [0.717, 1.165) is 31.7 Å². The van der Waals surface area contributed by atoms with Crippen molar-refractivity contribution in [1.29, 1.82) is 0 Å². The van der Waals surface area contributed by atoms with Crippen molar-refractivity contribution in [2.75, 3.05) is 19.6 Å². The summed E-state index contributed by atoms with van der Waals surface area (Å²) in [5.41, 5.74) is -0.385. The quantitative estimate of drug-likeness (QED) is 0.853. The highest BCUT2D eigenvalue weighted by Crippen LogP contribution is 2.48. The molecule has 3 rings (SSSR count). The average Bonchev–Trinajstić information content (AvgIpc) is 3.20. The molecule has 5 heteroatoms. The molecule has 1 atom stereocenters. The Kier molecular flexibility index (Phi) is 3.86. The molecule has 2 amide bonds. The van der Waals surface area contributed by atoms with Gasteiger partial charge in [-0.15, -0.1) is 0 Å². The van der Waals surface area contributed by atoms with Crippen molar-refractivity contribution in [2.45, 2.75) is 58.5 Å². The minimum atomic E-state index is -0.453. The number of carbonyl (C=O) groups excluding carboxylic acids is 2. The molecule has 0 aromatic carbocycles. The summed E-state index contributed by atoms with van der Waals surface area (Å²) >= 11 is 0. The van der Waals surface area contributed by atoms with Crippen molar-refractivity contribution < 1.29 is 14.3 Å². The Labute approximate surface area is 132 Å². The van der Waals surface area contributed by atoms with Gasteiger partial charge in [0.05, 0.1) is 0 Å². The fourth-order valence-corrected chi connectivity index (χ4v) is 3.82. The lowest BCUT2D eigenvalue weighted by molar-refractivity contribution is -0.124. The van der Waals surface area contributed by atoms with Crippen LogP contribution in [0.4, 0.5) is 4.79 Å². The smallest absolute Gasteiger partial charge is 0.410 e. The molecule has 2 saturated heterocycles. The first-order valence-corrected chi connectivity index (χ1v) is 8.55. The second-order valence-corrected chi connectivity index (χ2v) is 8.28. The molecule has 0 aromatic rings. The van der Waals surface area contributed by atoms with Crippen molar-refractivity contribution in [3.8, 4) is 0 Å². The Balaban J connectivity index is 1.60. The average molecular weight is 308 g/mol. The summed E-state index contributed by atoms with van der Waals surface area (Å²) in [7, 11) is 0. The minimum absolute atomic E-state index is 0.0676. The molecule has 5 nitrogen and oxygen atoms in total. The number of nitrogens with one attached hydrogen (secondary N) is 1. The van der Waals surface area contributed by atoms with Crippen LogP contribution in [-0.4, -0.2) is 42.1 Å². The third-order valence-corrected chi connectivity index (χ3v) is 5.35. The molecule has 22 heavy (non-hydrogen) atoms. The van der Waals surface area contributed by atoms with Crippen LogP contribution in [-0.2, 0) is 9.53 Å². The van der Waals surface area contributed by atoms with Crippen molar-refractivity contribution in [2.24, 2.45) is 17.3 Å². The standard InChI is InChI=1S/C17H28N2O3/c1-16(2,3)22-15(21)19-8-6-17(7-9-19)11-18-14(20)13(17)10-12-4-5-12/h12-13H,4-11H2,1-3H3,(H,18,20)/t13-/m0/s1. The van der Waals surface area contributed by atoms with Gasteiger partial charge in [-0.2, -0.15) is 0 Å². The van der Waals surface area contributed by atoms with Gasteiger partial charge in [0.1, 0.15) is 5.60 Å². The second kappa shape index (κ2) is 5.43. The van der Waals surface area contributed by atoms with Gasteiger partial charge < -0.3 is 15.0 Å². The molecule has 0 bridgehead atoms. The number of hydrogen-bond acceptors (Lipinski definition) is 3. The van der Waals surface area contributed by atoms with Gasteiger partial charge in [0.2, 0.25) is 5.91 Å². The number of ether oxygens (including phenoxy) is 1. The number of nitrogens with zero attached hydrogens (tertiary/aromatic N) is 1. The van der Waals surface area contributed by atoms with Gasteiger partial charge in [-0.05, 0) is 46.0 Å². The van der Waals surface area contributed by atoms with E-state index in [0.29, 0.717) is 13.1 Å². The largest absolute Gasteiger partial charge is 0.444 e. The molecule has 0 unspecified atom stereocenters. The zero-order chi connectivity index (χ0) is 16.0. The Bertz CT molecular complexity index is 457. The van der Waals surface area contributed by atoms with Crippen LogP contribution in [0.1, 0.15) is 52.9 Å². The van der Waals surface area contributed by atoms with E-state index in [-0.39, 0.29) is 23.3 Å². The highest BCUT2D eigenvalue weighted by Gasteiger charge is 2.51. The fourth-order valence-electron chi connectivity index (χ4n) is 3.82. The van der Waals surface area contributed by atoms with E-state index < -0.39 is 5.60 Å². The first kappa shape index (κ1) is 15.6. The van der Waals surface area contributed by atoms with Crippen molar-refractivity contribution in [1.82, 2.24) is 10.2 Å². The molecular weight excluding hydrogens is 280 g/mol. The maximum Gasteiger partial charge on any atom is 0.410 e. The van der Waals surface area contributed by atoms with Crippen LogP contribution in [0.3, 0.4) is 0 Å². The van der Waals surface area contributed by atoms with E-state index in [9.17, 15) is 9.59 Å². The lowest BCUT2D eigenvalue weighted by Gasteiger charge is -2.41. The number of hydrogen-bond donors (Lipinski definition) is 1. The zero-order valence-corrected chi connectivity index (χ0v) is 14.0. The van der Waals surface area contributed by atoms with Gasteiger partial charge in [-0.25, -0.2) is 4.79 Å². The van der Waals surface area contributed by atoms with Gasteiger partial charge >= 0.3 is 6.09 Å². The summed E-state index contributed by atoms with van der Waals surface area (Å²) in [4.78, 5) is 26.2. The highest BCUT2D eigenvalue weighted by molar-refractivity contribution is 5.82. The Morgan fingerprint density at radius 3 is 2.50 bits per heavy atom. The van der Waals surface area contributed by atoms with E-state index in [4.69, 9.17) is 4.74 Å². The number of amides is 2. The van der Waals surface area contributed by atoms with E-state index in [1.165, 1.54) is 12.8 Å². The molecule has 3 aliphatic rings. The number of piperidine rings is 1. The van der Waals surface area contributed by atoms with Gasteiger partial charge in [0.15, 0.2) is 0 Å². The molecule has 3 fully saturated rings. The van der Waals surface area contributed by atoms with Crippen LogP contribution in [0.2, 0.25) is 0 Å². The summed E-state index contributed by atoms with van der Waals surface area (Å²) < 4.78 is 5.46. The van der Waals surface area contributed by atoms with Crippen LogP contribution in [0.25, 0.3) is 0 Å². The van der Waals surface area contributed by atoms with Crippen LogP contribution < -0.4 is 5.32 Å². The van der Waals surface area contributed by atoms with Gasteiger partial charge in [0, 0.05) is 31.0 Å². The van der Waals surface area contributed by atoms with Crippen LogP contribution in [0, 0.1) is 17.3 Å². The first-order valence-electron chi connectivity index (χ1n) is 8.55. The predicted molar refractivity (Wildman–Crippen MR) is 83.3 cm³/mol. The molecule has 0 aromatic heterocycles. The first-order chi connectivity index (χ1) is 10.3. The Hall–Kier alpha value is -1.26. The Morgan fingerprint density at radius 2 is 1.95 bits per heavy atom. The van der Waals surface area contributed by atoms with Gasteiger partial charge in [-0.1, -0.05) is 12.8 Å². The number of carbonyl (C=O) groups is 2. The summed E-state index contributed by atoms with van der Waals surface area (Å²) in [5, 5.41) is 3.07. The monoisotopic (exact) mass is 308 g/mol. The van der Waals surface area contributed by atoms with E-state index in [2.05, 4.69) is 5.32 Å². The molecule has 1 N–H and O–H groups in total. The van der Waals surface area contributed by atoms with E-state index >= 15 is 0 Å². The molecule has 2 aliphatic heterocycles. The normalized spacial score (nSPS) is 27.9. The molecule has 2 heterocycles. The third kappa shape index (κ3) is 3.23. The molecular formula is C17H28N2O3. The zero-order valence-electron chi connectivity index (χ0n) is 14.0. The maximum absolute atomic E-state index is 12.2. The SMILES string of the molecule is CC(C)(C)OC(=O)N1CCC2(CC1)CNC(=O)[C@@H]2CC1CC1. The topological polar surface area (TPSA) is 58.6 Å². The number of rotatable bonds is 2. The lowest BCUT2D eigenvalue weighted by atomic mass is 9.69. The van der Waals surface area contributed by atoms with Crippen LogP contribution >= 0.6 is 0 Å². The van der Waals surface area contributed by atoms with Crippen molar-refractivity contribution >= 4 is 12.0 Å². The van der Waals surface area contributed by atoms with E-state index in [1.807, 2.05) is 20.8 Å². The highest BCUT2D eigenvalue weighted by atomic mass is 16.6. The summed E-state index contributed by atoms with van der Waals surface area (Å²) in [6.07, 6.45) is 5.19. The maximum atomic E-state index is 12.2. The molecule has 1 aliphatic carbocycles. The molecule has 1 saturated carbocycles. The molecule has 0 radical (unpaired) electrons. The molecule has 124 valence electrons. The second-order valence-electron chi connectivity index (χ2n) is 8.28. The minimum Gasteiger partial charge on any atom is -0.444 e. The van der Waals surface area contributed by atoms with Gasteiger partial charge in [0.25, 0.3) is 0 Å². The van der Waals surface area contributed by atoms with Crippen LogP contribution in [0.5, 0.6) is 0 Å².